The van der Waals surface area contributed by atoms with E-state index in [1.807, 2.05) is 0 Å². The molecule has 10 heteroatoms. The first-order valence-corrected chi connectivity index (χ1v) is 8.75. The number of aromatic nitrogens is 2. The summed E-state index contributed by atoms with van der Waals surface area (Å²) in [6.45, 7) is 0. The maximum Gasteiger partial charge on any atom is 0.447 e. The summed E-state index contributed by atoms with van der Waals surface area (Å²) in [5, 5.41) is 18.7. The van der Waals surface area contributed by atoms with Crippen molar-refractivity contribution < 1.29 is 36.6 Å². The van der Waals surface area contributed by atoms with Crippen LogP contribution in [0.15, 0.2) is 24.4 Å². The molecule has 1 aromatic carbocycles. The van der Waals surface area contributed by atoms with Gasteiger partial charge in [0.15, 0.2) is 0 Å². The molecule has 0 atom stereocenters. The molecule has 1 aliphatic rings. The standard InChI is InChI=1S/C19H14F6N2O2/c20-18(21,22)14-10-4-1-2-6-13(10)27-16-11(14)8-12(17(28,29)19(23,24)25)9-5-3-7-26-15(9)16/h3,5,7-8,28-29H,1-2,4,6H2. The SMILES string of the molecule is OC(O)(c1cc2c(C(F)(F)F)c3c(nc2c2ncccc12)CCCC3)C(F)(F)F. The number of hydrogen-bond donors (Lipinski definition) is 2. The zero-order valence-electron chi connectivity index (χ0n) is 14.7. The number of aliphatic hydroxyl groups is 2. The van der Waals surface area contributed by atoms with Crippen LogP contribution in [0.4, 0.5) is 26.3 Å². The summed E-state index contributed by atoms with van der Waals surface area (Å²) >= 11 is 0. The molecule has 0 saturated heterocycles. The van der Waals surface area contributed by atoms with E-state index in [4.69, 9.17) is 0 Å². The molecule has 0 bridgehead atoms. The van der Waals surface area contributed by atoms with Gasteiger partial charge in [-0.1, -0.05) is 6.07 Å². The molecule has 2 aromatic heterocycles. The summed E-state index contributed by atoms with van der Waals surface area (Å²) in [6.07, 6.45) is -7.66. The van der Waals surface area contributed by atoms with E-state index in [0.29, 0.717) is 25.3 Å². The second-order valence-corrected chi connectivity index (χ2v) is 7.01. The molecule has 0 radical (unpaired) electrons. The molecule has 4 rings (SSSR count). The lowest BCUT2D eigenvalue weighted by Crippen LogP contribution is -2.42. The number of aryl methyl sites for hydroxylation is 1. The van der Waals surface area contributed by atoms with Gasteiger partial charge in [-0.05, 0) is 43.4 Å². The molecule has 4 nitrogen and oxygen atoms in total. The van der Waals surface area contributed by atoms with Crippen LogP contribution in [0.1, 0.15) is 35.2 Å². The minimum absolute atomic E-state index is 0.0639. The molecule has 3 aromatic rings. The molecule has 0 amide bonds. The molecule has 1 aliphatic carbocycles. The Balaban J connectivity index is 2.22. The number of benzene rings is 1. The van der Waals surface area contributed by atoms with Gasteiger partial charge in [0.1, 0.15) is 0 Å². The maximum absolute atomic E-state index is 14.0. The highest BCUT2D eigenvalue weighted by Crippen LogP contribution is 2.45. The summed E-state index contributed by atoms with van der Waals surface area (Å²) in [5.74, 6) is -4.36. The molecule has 0 spiro atoms. The Morgan fingerprint density at radius 2 is 1.59 bits per heavy atom. The first kappa shape index (κ1) is 19.8. The maximum atomic E-state index is 14.0. The number of halogens is 6. The monoisotopic (exact) mass is 416 g/mol. The second kappa shape index (κ2) is 6.27. The molecular weight excluding hydrogens is 402 g/mol. The van der Waals surface area contributed by atoms with Gasteiger partial charge in [-0.15, -0.1) is 0 Å². The number of pyridine rings is 2. The summed E-state index contributed by atoms with van der Waals surface area (Å²) < 4.78 is 81.8. The molecule has 29 heavy (non-hydrogen) atoms. The highest BCUT2D eigenvalue weighted by Gasteiger charge is 2.55. The lowest BCUT2D eigenvalue weighted by molar-refractivity contribution is -0.357. The van der Waals surface area contributed by atoms with Gasteiger partial charge in [0.2, 0.25) is 0 Å². The van der Waals surface area contributed by atoms with Crippen LogP contribution in [0.3, 0.4) is 0 Å². The predicted molar refractivity (Wildman–Crippen MR) is 90.9 cm³/mol. The molecule has 0 fully saturated rings. The number of nitrogens with zero attached hydrogens (tertiary/aromatic N) is 2. The Bertz CT molecular complexity index is 1120. The van der Waals surface area contributed by atoms with Crippen molar-refractivity contribution in [2.45, 2.75) is 43.8 Å². The van der Waals surface area contributed by atoms with Crippen molar-refractivity contribution in [3.8, 4) is 0 Å². The zero-order chi connectivity index (χ0) is 21.2. The van der Waals surface area contributed by atoms with E-state index in [0.717, 1.165) is 6.07 Å². The van der Waals surface area contributed by atoms with Crippen molar-refractivity contribution >= 4 is 21.8 Å². The molecule has 2 N–H and O–H groups in total. The first-order chi connectivity index (χ1) is 13.4. The van der Waals surface area contributed by atoms with Crippen LogP contribution in [0, 0.1) is 0 Å². The Labute approximate surface area is 159 Å². The minimum atomic E-state index is -5.54. The van der Waals surface area contributed by atoms with Gasteiger partial charge in [-0.25, -0.2) is 0 Å². The van der Waals surface area contributed by atoms with E-state index in [2.05, 4.69) is 9.97 Å². The quantitative estimate of drug-likeness (QED) is 0.351. The molecule has 2 heterocycles. The third-order valence-electron chi connectivity index (χ3n) is 5.18. The fourth-order valence-corrected chi connectivity index (χ4v) is 3.88. The number of alkyl halides is 6. The second-order valence-electron chi connectivity index (χ2n) is 7.01. The lowest BCUT2D eigenvalue weighted by atomic mass is 9.87. The first-order valence-electron chi connectivity index (χ1n) is 8.75. The van der Waals surface area contributed by atoms with Gasteiger partial charge >= 0.3 is 12.4 Å². The Hall–Kier alpha value is -2.46. The summed E-state index contributed by atoms with van der Waals surface area (Å²) in [4.78, 5) is 8.21. The van der Waals surface area contributed by atoms with Crippen LogP contribution >= 0.6 is 0 Å². The Morgan fingerprint density at radius 1 is 0.897 bits per heavy atom. The van der Waals surface area contributed by atoms with E-state index in [1.54, 1.807) is 0 Å². The third-order valence-corrected chi connectivity index (χ3v) is 5.18. The van der Waals surface area contributed by atoms with Gasteiger partial charge < -0.3 is 10.2 Å². The fraction of sp³-hybridized carbons (Fsp3) is 0.368. The van der Waals surface area contributed by atoms with Crippen molar-refractivity contribution in [1.82, 2.24) is 9.97 Å². The van der Waals surface area contributed by atoms with E-state index in [9.17, 15) is 36.6 Å². The minimum Gasteiger partial charge on any atom is -0.355 e. The number of rotatable bonds is 1. The smallest absolute Gasteiger partial charge is 0.355 e. The van der Waals surface area contributed by atoms with Gasteiger partial charge in [0.25, 0.3) is 5.79 Å². The Kier molecular flexibility index (Phi) is 4.29. The highest BCUT2D eigenvalue weighted by molar-refractivity contribution is 6.06. The molecular formula is C19H14F6N2O2. The Morgan fingerprint density at radius 3 is 2.24 bits per heavy atom. The van der Waals surface area contributed by atoms with Crippen molar-refractivity contribution in [3.05, 3.63) is 46.8 Å². The number of fused-ring (bicyclic) bond motifs is 4. The van der Waals surface area contributed by atoms with Gasteiger partial charge in [-0.2, -0.15) is 26.3 Å². The third kappa shape index (κ3) is 3.01. The highest BCUT2D eigenvalue weighted by atomic mass is 19.4. The van der Waals surface area contributed by atoms with E-state index in [1.165, 1.54) is 12.3 Å². The zero-order valence-corrected chi connectivity index (χ0v) is 14.7. The van der Waals surface area contributed by atoms with Crippen molar-refractivity contribution in [1.29, 1.82) is 0 Å². The summed E-state index contributed by atoms with van der Waals surface area (Å²) in [7, 11) is 0. The van der Waals surface area contributed by atoms with Crippen molar-refractivity contribution in [2.24, 2.45) is 0 Å². The molecule has 0 aliphatic heterocycles. The van der Waals surface area contributed by atoms with Gasteiger partial charge in [-0.3, -0.25) is 9.97 Å². The van der Waals surface area contributed by atoms with Crippen LogP contribution in [-0.2, 0) is 24.8 Å². The lowest BCUT2D eigenvalue weighted by Gasteiger charge is -2.28. The van der Waals surface area contributed by atoms with Crippen LogP contribution in [0.2, 0.25) is 0 Å². The van der Waals surface area contributed by atoms with Crippen LogP contribution in [-0.4, -0.2) is 26.4 Å². The van der Waals surface area contributed by atoms with E-state index < -0.39 is 34.7 Å². The van der Waals surface area contributed by atoms with Crippen LogP contribution < -0.4 is 0 Å². The van der Waals surface area contributed by atoms with E-state index >= 15 is 0 Å². The van der Waals surface area contributed by atoms with Crippen molar-refractivity contribution in [3.63, 3.8) is 0 Å². The van der Waals surface area contributed by atoms with Crippen molar-refractivity contribution in [2.75, 3.05) is 0 Å². The summed E-state index contributed by atoms with van der Waals surface area (Å²) in [6, 6.07) is 2.92. The van der Waals surface area contributed by atoms with Gasteiger partial charge in [0.05, 0.1) is 16.6 Å². The normalized spacial score (nSPS) is 15.7. The van der Waals surface area contributed by atoms with Crippen LogP contribution in [0.5, 0.6) is 0 Å². The van der Waals surface area contributed by atoms with E-state index in [-0.39, 0.29) is 34.1 Å². The molecule has 0 saturated carbocycles. The van der Waals surface area contributed by atoms with Gasteiger partial charge in [0, 0.05) is 28.2 Å². The molecule has 154 valence electrons. The van der Waals surface area contributed by atoms with Crippen LogP contribution in [0.25, 0.3) is 21.8 Å². The fourth-order valence-electron chi connectivity index (χ4n) is 3.88. The average molecular weight is 416 g/mol. The predicted octanol–water partition coefficient (Wildman–Crippen LogP) is 4.38. The largest absolute Gasteiger partial charge is 0.447 e. The average Bonchev–Trinajstić information content (AvgIpc) is 2.63. The summed E-state index contributed by atoms with van der Waals surface area (Å²) in [5.41, 5.74) is -2.50. The molecule has 0 unspecified atom stereocenters. The number of hydrogen-bond acceptors (Lipinski definition) is 4. The topological polar surface area (TPSA) is 66.2 Å².